The van der Waals surface area contributed by atoms with Crippen molar-refractivity contribution in [3.05, 3.63) is 29.0 Å². The van der Waals surface area contributed by atoms with E-state index in [4.69, 9.17) is 22.3 Å². The summed E-state index contributed by atoms with van der Waals surface area (Å²) in [5.74, 6) is -0.288. The van der Waals surface area contributed by atoms with Crippen LogP contribution in [-0.4, -0.2) is 23.2 Å². The van der Waals surface area contributed by atoms with Gasteiger partial charge in [0.15, 0.2) is 5.82 Å². The molecular weight excluding hydrogens is 328 g/mol. The molecule has 2 rings (SSSR count). The first-order valence-corrected chi connectivity index (χ1v) is 8.25. The average Bonchev–Trinajstić information content (AvgIpc) is 2.72. The van der Waals surface area contributed by atoms with Crippen molar-refractivity contribution in [1.82, 2.24) is 14.8 Å². The van der Waals surface area contributed by atoms with Crippen LogP contribution < -0.4 is 0 Å². The zero-order valence-electron chi connectivity index (χ0n) is 10.5. The Morgan fingerprint density at radius 1 is 1.30 bits per heavy atom. The highest BCUT2D eigenvalue weighted by Gasteiger charge is 2.25. The third-order valence-corrected chi connectivity index (χ3v) is 4.01. The Labute approximate surface area is 124 Å². The normalized spacial score (nSPS) is 12.1. The zero-order valence-corrected chi connectivity index (χ0v) is 12.8. The Morgan fingerprint density at radius 2 is 1.95 bits per heavy atom. The van der Waals surface area contributed by atoms with Gasteiger partial charge in [0.25, 0.3) is 14.2 Å². The van der Waals surface area contributed by atoms with Gasteiger partial charge in [0, 0.05) is 22.3 Å². The van der Waals surface area contributed by atoms with Crippen LogP contribution in [0, 0.1) is 5.82 Å². The fraction of sp³-hybridized carbons (Fsp3) is 0.273. The minimum Gasteiger partial charge on any atom is -0.294 e. The van der Waals surface area contributed by atoms with Gasteiger partial charge in [-0.15, -0.1) is 10.2 Å². The van der Waals surface area contributed by atoms with Gasteiger partial charge in [-0.25, -0.2) is 12.8 Å². The van der Waals surface area contributed by atoms with Crippen LogP contribution in [0.1, 0.15) is 19.9 Å². The Balaban J connectivity index is 2.73. The number of hydrogen-bond donors (Lipinski definition) is 0. The Morgan fingerprint density at radius 3 is 2.45 bits per heavy atom. The lowest BCUT2D eigenvalue weighted by molar-refractivity contribution is 0.530. The highest BCUT2D eigenvalue weighted by Crippen LogP contribution is 2.31. The van der Waals surface area contributed by atoms with E-state index in [1.165, 1.54) is 16.7 Å². The van der Waals surface area contributed by atoms with E-state index in [2.05, 4.69) is 10.2 Å². The second kappa shape index (κ2) is 5.31. The maximum atomic E-state index is 13.1. The molecule has 0 atom stereocenters. The second-order valence-electron chi connectivity index (χ2n) is 4.33. The smallest absolute Gasteiger partial charge is 0.294 e. The molecular formula is C11H10Cl2FN3O2S. The maximum Gasteiger partial charge on any atom is 0.296 e. The molecule has 0 bridgehead atoms. The molecule has 0 amide bonds. The lowest BCUT2D eigenvalue weighted by Gasteiger charge is -2.13. The van der Waals surface area contributed by atoms with Gasteiger partial charge in [-0.1, -0.05) is 11.6 Å². The first-order chi connectivity index (χ1) is 9.21. The lowest BCUT2D eigenvalue weighted by atomic mass is 10.2. The average molecular weight is 338 g/mol. The van der Waals surface area contributed by atoms with Crippen LogP contribution in [-0.2, 0) is 9.05 Å². The molecule has 0 saturated heterocycles. The molecule has 0 radical (unpaired) electrons. The molecule has 0 spiro atoms. The van der Waals surface area contributed by atoms with E-state index < -0.39 is 14.9 Å². The zero-order chi connectivity index (χ0) is 15.1. The molecule has 0 saturated carbocycles. The predicted molar refractivity (Wildman–Crippen MR) is 73.8 cm³/mol. The van der Waals surface area contributed by atoms with E-state index >= 15 is 0 Å². The summed E-state index contributed by atoms with van der Waals surface area (Å²) in [6.07, 6.45) is 0. The summed E-state index contributed by atoms with van der Waals surface area (Å²) in [6, 6.07) is 3.45. The Kier molecular flexibility index (Phi) is 4.04. The number of halogens is 3. The monoisotopic (exact) mass is 337 g/mol. The molecule has 0 aliphatic rings. The van der Waals surface area contributed by atoms with Crippen LogP contribution in [0.4, 0.5) is 4.39 Å². The van der Waals surface area contributed by atoms with E-state index in [0.29, 0.717) is 5.56 Å². The van der Waals surface area contributed by atoms with Crippen LogP contribution in [0.15, 0.2) is 23.4 Å². The quantitative estimate of drug-likeness (QED) is 0.806. The lowest BCUT2D eigenvalue weighted by Crippen LogP contribution is -2.10. The summed E-state index contributed by atoms with van der Waals surface area (Å²) < 4.78 is 37.4. The molecule has 0 aliphatic carbocycles. The molecule has 0 unspecified atom stereocenters. The van der Waals surface area contributed by atoms with Gasteiger partial charge in [0.1, 0.15) is 5.82 Å². The minimum atomic E-state index is -4.04. The molecule has 0 fully saturated rings. The van der Waals surface area contributed by atoms with Crippen LogP contribution in [0.3, 0.4) is 0 Å². The molecule has 108 valence electrons. The molecule has 2 aromatic rings. The summed E-state index contributed by atoms with van der Waals surface area (Å²) >= 11 is 5.96. The highest BCUT2D eigenvalue weighted by molar-refractivity contribution is 8.13. The molecule has 0 N–H and O–H groups in total. The van der Waals surface area contributed by atoms with Crippen LogP contribution in [0.2, 0.25) is 5.02 Å². The van der Waals surface area contributed by atoms with Crippen molar-refractivity contribution in [3.63, 3.8) is 0 Å². The van der Waals surface area contributed by atoms with E-state index in [1.807, 2.05) is 0 Å². The van der Waals surface area contributed by atoms with E-state index in [-0.39, 0.29) is 22.0 Å². The van der Waals surface area contributed by atoms with Crippen LogP contribution in [0.5, 0.6) is 0 Å². The maximum absolute atomic E-state index is 13.1. The Hall–Kier alpha value is -1.18. The van der Waals surface area contributed by atoms with Gasteiger partial charge in [0.2, 0.25) is 0 Å². The van der Waals surface area contributed by atoms with Crippen molar-refractivity contribution in [3.8, 4) is 11.4 Å². The van der Waals surface area contributed by atoms with Crippen molar-refractivity contribution in [1.29, 1.82) is 0 Å². The van der Waals surface area contributed by atoms with Crippen LogP contribution >= 0.6 is 22.3 Å². The van der Waals surface area contributed by atoms with E-state index in [0.717, 1.165) is 6.07 Å². The third kappa shape index (κ3) is 2.79. The molecule has 9 heteroatoms. The van der Waals surface area contributed by atoms with E-state index in [1.54, 1.807) is 13.8 Å². The molecule has 1 aromatic carbocycles. The molecule has 5 nitrogen and oxygen atoms in total. The summed E-state index contributed by atoms with van der Waals surface area (Å²) in [6.45, 7) is 3.49. The standard InChI is InChI=1S/C11H10Cl2FN3O2S/c1-6(2)17-10(15-16-11(17)20(13,18)19)8-4-3-7(14)5-9(8)12/h3-6H,1-2H3. The number of aromatic nitrogens is 3. The van der Waals surface area contributed by atoms with Gasteiger partial charge in [-0.2, -0.15) is 0 Å². The Bertz CT molecular complexity index is 759. The predicted octanol–water partition coefficient (Wildman–Crippen LogP) is 3.25. The van der Waals surface area contributed by atoms with Gasteiger partial charge >= 0.3 is 0 Å². The molecule has 1 aromatic heterocycles. The SMILES string of the molecule is CC(C)n1c(-c2ccc(F)cc2Cl)nnc1S(=O)(=O)Cl. The largest absolute Gasteiger partial charge is 0.296 e. The summed E-state index contributed by atoms with van der Waals surface area (Å²) in [4.78, 5) is 0. The number of rotatable bonds is 3. The number of benzene rings is 1. The highest BCUT2D eigenvalue weighted by atomic mass is 35.7. The summed E-state index contributed by atoms with van der Waals surface area (Å²) in [5.41, 5.74) is 0.376. The molecule has 1 heterocycles. The third-order valence-electron chi connectivity index (χ3n) is 2.57. The fourth-order valence-corrected chi connectivity index (χ4v) is 3.00. The number of hydrogen-bond acceptors (Lipinski definition) is 4. The fourth-order valence-electron chi connectivity index (χ4n) is 1.76. The molecule has 0 aliphatic heterocycles. The first kappa shape index (κ1) is 15.2. The van der Waals surface area contributed by atoms with Crippen molar-refractivity contribution in [2.75, 3.05) is 0 Å². The van der Waals surface area contributed by atoms with Crippen molar-refractivity contribution < 1.29 is 12.8 Å². The summed E-state index contributed by atoms with van der Waals surface area (Å²) in [5, 5.41) is 7.13. The van der Waals surface area contributed by atoms with Crippen molar-refractivity contribution >= 4 is 31.3 Å². The number of nitrogens with zero attached hydrogens (tertiary/aromatic N) is 3. The van der Waals surface area contributed by atoms with Crippen LogP contribution in [0.25, 0.3) is 11.4 Å². The molecule has 20 heavy (non-hydrogen) atoms. The second-order valence-corrected chi connectivity index (χ2v) is 7.20. The minimum absolute atomic E-state index is 0.109. The summed E-state index contributed by atoms with van der Waals surface area (Å²) in [7, 11) is 1.29. The topological polar surface area (TPSA) is 64.8 Å². The van der Waals surface area contributed by atoms with Gasteiger partial charge in [-0.05, 0) is 32.0 Å². The van der Waals surface area contributed by atoms with Gasteiger partial charge in [-0.3, -0.25) is 4.57 Å². The van der Waals surface area contributed by atoms with E-state index in [9.17, 15) is 12.8 Å². The van der Waals surface area contributed by atoms with Crippen molar-refractivity contribution in [2.45, 2.75) is 25.0 Å². The van der Waals surface area contributed by atoms with Gasteiger partial charge < -0.3 is 0 Å². The van der Waals surface area contributed by atoms with Crippen molar-refractivity contribution in [2.24, 2.45) is 0 Å². The first-order valence-electron chi connectivity index (χ1n) is 5.57. The van der Waals surface area contributed by atoms with Gasteiger partial charge in [0.05, 0.1) is 5.02 Å².